The molecule has 5 N–H and O–H groups in total. The Bertz CT molecular complexity index is 1200. The highest BCUT2D eigenvalue weighted by molar-refractivity contribution is 5.49. The Morgan fingerprint density at radius 3 is 2.85 bits per heavy atom. The fraction of sp³-hybridized carbons (Fsp3) is 0.429. The molecule has 1 aliphatic rings. The Labute approximate surface area is 187 Å². The Morgan fingerprint density at radius 2 is 2.21 bits per heavy atom. The lowest BCUT2D eigenvalue weighted by molar-refractivity contribution is -0.386. The van der Waals surface area contributed by atoms with Gasteiger partial charge in [0, 0.05) is 24.2 Å². The number of aromatic nitrogens is 2. The molecule has 33 heavy (non-hydrogen) atoms. The number of rotatable bonds is 7. The van der Waals surface area contributed by atoms with Gasteiger partial charge in [-0.15, -0.1) is 0 Å². The van der Waals surface area contributed by atoms with Gasteiger partial charge in [0.15, 0.2) is 0 Å². The first kappa shape index (κ1) is 24.3. The zero-order valence-corrected chi connectivity index (χ0v) is 17.8. The van der Waals surface area contributed by atoms with Crippen molar-refractivity contribution in [3.63, 3.8) is 0 Å². The van der Waals surface area contributed by atoms with E-state index in [0.29, 0.717) is 5.56 Å². The second-order valence-electron chi connectivity index (χ2n) is 7.43. The van der Waals surface area contributed by atoms with Gasteiger partial charge in [-0.05, 0) is 19.1 Å². The molecule has 176 valence electrons. The maximum absolute atomic E-state index is 12.2. The molecule has 1 fully saturated rings. The molecule has 2 aromatic rings. The summed E-state index contributed by atoms with van der Waals surface area (Å²) < 4.78 is 12.3. The molecule has 12 heteroatoms. The molecular weight excluding hydrogens is 436 g/mol. The summed E-state index contributed by atoms with van der Waals surface area (Å²) in [5, 5.41) is 30.7. The molecule has 0 aliphatic carbocycles. The van der Waals surface area contributed by atoms with E-state index in [2.05, 4.69) is 16.8 Å². The number of aromatic amines is 1. The van der Waals surface area contributed by atoms with Crippen LogP contribution in [0.25, 0.3) is 0 Å². The molecule has 2 unspecified atom stereocenters. The first-order valence-electron chi connectivity index (χ1n) is 10.1. The second-order valence-corrected chi connectivity index (χ2v) is 7.43. The van der Waals surface area contributed by atoms with Gasteiger partial charge >= 0.3 is 5.69 Å². The van der Waals surface area contributed by atoms with Crippen molar-refractivity contribution in [2.75, 3.05) is 13.2 Å². The molecule has 12 nitrogen and oxygen atoms in total. The summed E-state index contributed by atoms with van der Waals surface area (Å²) in [4.78, 5) is 37.6. The van der Waals surface area contributed by atoms with Crippen molar-refractivity contribution >= 4 is 5.69 Å². The van der Waals surface area contributed by atoms with Gasteiger partial charge in [-0.3, -0.25) is 24.5 Å². The first-order chi connectivity index (χ1) is 15.7. The largest absolute Gasteiger partial charge is 0.394 e. The van der Waals surface area contributed by atoms with Crippen LogP contribution in [-0.2, 0) is 16.1 Å². The van der Waals surface area contributed by atoms with E-state index in [4.69, 9.17) is 15.2 Å². The summed E-state index contributed by atoms with van der Waals surface area (Å²) in [5.41, 5.74) is 4.54. The summed E-state index contributed by atoms with van der Waals surface area (Å²) >= 11 is 0. The Morgan fingerprint density at radius 1 is 1.45 bits per heavy atom. The lowest BCUT2D eigenvalue weighted by Crippen LogP contribution is -2.34. The van der Waals surface area contributed by atoms with E-state index in [1.807, 2.05) is 0 Å². The molecule has 0 radical (unpaired) electrons. The number of nitrogens with two attached hydrogens (primary N) is 1. The smallest absolute Gasteiger partial charge is 0.330 e. The van der Waals surface area contributed by atoms with Crippen LogP contribution in [0.1, 0.15) is 42.4 Å². The van der Waals surface area contributed by atoms with Gasteiger partial charge in [0.1, 0.15) is 12.3 Å². The molecule has 0 spiro atoms. The quantitative estimate of drug-likeness (QED) is 0.244. The fourth-order valence-corrected chi connectivity index (χ4v) is 3.48. The van der Waals surface area contributed by atoms with E-state index in [0.717, 1.165) is 4.57 Å². The Kier molecular flexibility index (Phi) is 7.75. The lowest BCUT2D eigenvalue weighted by Gasteiger charge is -2.17. The van der Waals surface area contributed by atoms with Gasteiger partial charge in [0.25, 0.3) is 11.2 Å². The van der Waals surface area contributed by atoms with Crippen LogP contribution in [0.3, 0.4) is 0 Å². The van der Waals surface area contributed by atoms with Crippen LogP contribution < -0.4 is 17.0 Å². The highest BCUT2D eigenvalue weighted by Gasteiger charge is 2.35. The number of benzene rings is 1. The highest BCUT2D eigenvalue weighted by atomic mass is 16.6. The van der Waals surface area contributed by atoms with Crippen molar-refractivity contribution in [3.8, 4) is 11.8 Å². The monoisotopic (exact) mass is 460 g/mol. The van der Waals surface area contributed by atoms with Gasteiger partial charge < -0.3 is 25.4 Å². The second kappa shape index (κ2) is 10.5. The van der Waals surface area contributed by atoms with Crippen LogP contribution >= 0.6 is 0 Å². The minimum Gasteiger partial charge on any atom is -0.394 e. The van der Waals surface area contributed by atoms with E-state index in [9.17, 15) is 29.9 Å². The number of nitrogens with one attached hydrogen (secondary N) is 1. The number of nitro benzene ring substituents is 1. The summed E-state index contributed by atoms with van der Waals surface area (Å²) in [6.45, 7) is 1.05. The number of aliphatic hydroxyl groups is 2. The molecule has 1 aromatic carbocycles. The van der Waals surface area contributed by atoms with Crippen LogP contribution in [-0.4, -0.2) is 50.0 Å². The molecule has 1 aliphatic heterocycles. The number of H-pyrrole nitrogens is 1. The topological polar surface area (TPSA) is 183 Å². The molecule has 0 saturated carbocycles. The van der Waals surface area contributed by atoms with Crippen molar-refractivity contribution < 1.29 is 24.6 Å². The van der Waals surface area contributed by atoms with Crippen molar-refractivity contribution in [2.45, 2.75) is 44.5 Å². The molecule has 1 aromatic heterocycles. The summed E-state index contributed by atoms with van der Waals surface area (Å²) in [6.07, 6.45) is -2.13. The standard InChI is InChI=1S/C21H24N4O8/c1-12(15-5-4-13(3-2-6-22)7-16(15)25(30)31)32-11-14-9-24(21(29)23-20(14)28)19-8-17(27)18(10-26)33-19/h4-5,7,9,12,17-19,26-27H,6,8,10-11,22H2,1H3,(H,23,28,29)/t12?,17?,18-,19-/m0/s1. The van der Waals surface area contributed by atoms with E-state index >= 15 is 0 Å². The molecule has 2 heterocycles. The SMILES string of the molecule is CC(OCc1cn([C@@H]2CC(O)[C@H](CO)O2)c(=O)[nH]c1=O)c1ccc(C#CCN)cc1[N+](=O)[O-]. The van der Waals surface area contributed by atoms with Gasteiger partial charge in [0.05, 0.1) is 48.0 Å². The third-order valence-corrected chi connectivity index (χ3v) is 5.22. The Balaban J connectivity index is 1.80. The average molecular weight is 460 g/mol. The molecule has 0 bridgehead atoms. The summed E-state index contributed by atoms with van der Waals surface area (Å²) in [6, 6.07) is 4.46. The number of ether oxygens (including phenoxy) is 2. The molecule has 3 rings (SSSR count). The normalized spacial score (nSPS) is 20.8. The zero-order chi connectivity index (χ0) is 24.1. The van der Waals surface area contributed by atoms with E-state index in [-0.39, 0.29) is 36.4 Å². The third kappa shape index (κ3) is 5.54. The number of nitro groups is 1. The lowest BCUT2D eigenvalue weighted by atomic mass is 10.1. The average Bonchev–Trinajstić information content (AvgIpc) is 3.16. The fourth-order valence-electron chi connectivity index (χ4n) is 3.48. The maximum Gasteiger partial charge on any atom is 0.330 e. The van der Waals surface area contributed by atoms with Crippen LogP contribution in [0.15, 0.2) is 34.0 Å². The number of hydrogen-bond donors (Lipinski definition) is 4. The molecule has 0 amide bonds. The maximum atomic E-state index is 12.2. The van der Waals surface area contributed by atoms with E-state index in [1.54, 1.807) is 13.0 Å². The van der Waals surface area contributed by atoms with Crippen molar-refractivity contribution in [1.29, 1.82) is 0 Å². The third-order valence-electron chi connectivity index (χ3n) is 5.22. The van der Waals surface area contributed by atoms with E-state index in [1.165, 1.54) is 18.3 Å². The summed E-state index contributed by atoms with van der Waals surface area (Å²) in [7, 11) is 0. The van der Waals surface area contributed by atoms with Gasteiger partial charge in [-0.2, -0.15) is 0 Å². The van der Waals surface area contributed by atoms with E-state index < -0.39 is 47.3 Å². The Hall–Kier alpha value is -3.34. The minimum atomic E-state index is -0.961. The summed E-state index contributed by atoms with van der Waals surface area (Å²) in [5.74, 6) is 5.37. The van der Waals surface area contributed by atoms with Gasteiger partial charge in [0.2, 0.25) is 0 Å². The number of aliphatic hydroxyl groups excluding tert-OH is 2. The van der Waals surface area contributed by atoms with Crippen LogP contribution in [0.4, 0.5) is 5.69 Å². The minimum absolute atomic E-state index is 0.0550. The highest BCUT2D eigenvalue weighted by Crippen LogP contribution is 2.30. The predicted octanol–water partition coefficient (Wildman–Crippen LogP) is -0.326. The predicted molar refractivity (Wildman–Crippen MR) is 115 cm³/mol. The first-order valence-corrected chi connectivity index (χ1v) is 10.1. The van der Waals surface area contributed by atoms with Crippen LogP contribution in [0, 0.1) is 22.0 Å². The van der Waals surface area contributed by atoms with Crippen molar-refractivity contribution in [1.82, 2.24) is 9.55 Å². The van der Waals surface area contributed by atoms with Gasteiger partial charge in [-0.1, -0.05) is 11.8 Å². The number of hydrogen-bond acceptors (Lipinski definition) is 9. The molecule has 4 atom stereocenters. The van der Waals surface area contributed by atoms with Gasteiger partial charge in [-0.25, -0.2) is 4.79 Å². The van der Waals surface area contributed by atoms with Crippen LogP contribution in [0.2, 0.25) is 0 Å². The zero-order valence-electron chi connectivity index (χ0n) is 17.8. The molecule has 1 saturated heterocycles. The van der Waals surface area contributed by atoms with Crippen molar-refractivity contribution in [2.24, 2.45) is 5.73 Å². The van der Waals surface area contributed by atoms with Crippen molar-refractivity contribution in [3.05, 3.63) is 72.0 Å². The number of nitrogens with zero attached hydrogens (tertiary/aromatic N) is 2. The molecular formula is C21H24N4O8. The van der Waals surface area contributed by atoms with Crippen LogP contribution in [0.5, 0.6) is 0 Å².